The van der Waals surface area contributed by atoms with Crippen molar-refractivity contribution in [2.24, 2.45) is 0 Å². The van der Waals surface area contributed by atoms with Crippen LogP contribution in [0.2, 0.25) is 0 Å². The lowest BCUT2D eigenvalue weighted by molar-refractivity contribution is -0.146. The Labute approximate surface area is 150 Å². The van der Waals surface area contributed by atoms with Crippen LogP contribution in [0.3, 0.4) is 0 Å². The standard InChI is InChI=1S/C11H13N5O6S3/c17-7-3-8-16(7)9(10(18)19)6(4-23-8)5-24-11-12-13-14-15(11)1-2-25(20,21)22/h8H,1-5H2,(H,18,19)(H,20,21,22). The van der Waals surface area contributed by atoms with Crippen molar-refractivity contribution in [3.8, 4) is 0 Å². The molecule has 2 aliphatic heterocycles. The molecule has 2 aliphatic rings. The van der Waals surface area contributed by atoms with Crippen molar-refractivity contribution in [1.29, 1.82) is 0 Å². The maximum absolute atomic E-state index is 11.7. The lowest BCUT2D eigenvalue weighted by atomic mass is 10.1. The van der Waals surface area contributed by atoms with Gasteiger partial charge in [0.05, 0.1) is 24.1 Å². The van der Waals surface area contributed by atoms with Gasteiger partial charge in [-0.3, -0.25) is 14.2 Å². The Bertz CT molecular complexity index is 850. The number of amides is 1. The van der Waals surface area contributed by atoms with Gasteiger partial charge in [0.2, 0.25) is 11.1 Å². The molecule has 1 saturated heterocycles. The summed E-state index contributed by atoms with van der Waals surface area (Å²) in [7, 11) is -4.14. The van der Waals surface area contributed by atoms with E-state index in [0.29, 0.717) is 22.9 Å². The summed E-state index contributed by atoms with van der Waals surface area (Å²) < 4.78 is 31.6. The fourth-order valence-corrected chi connectivity index (χ4v) is 5.09. The van der Waals surface area contributed by atoms with Gasteiger partial charge in [-0.15, -0.1) is 16.9 Å². The molecule has 1 aromatic heterocycles. The van der Waals surface area contributed by atoms with Crippen molar-refractivity contribution in [2.45, 2.75) is 23.5 Å². The number of carboxylic acid groups (broad SMARTS) is 1. The summed E-state index contributed by atoms with van der Waals surface area (Å²) >= 11 is 2.64. The van der Waals surface area contributed by atoms with Crippen LogP contribution >= 0.6 is 23.5 Å². The van der Waals surface area contributed by atoms with E-state index in [0.717, 1.165) is 11.8 Å². The molecular formula is C11H13N5O6S3. The monoisotopic (exact) mass is 407 g/mol. The molecule has 25 heavy (non-hydrogen) atoms. The van der Waals surface area contributed by atoms with E-state index < -0.39 is 21.8 Å². The third-order valence-corrected chi connectivity index (χ3v) is 6.59. The fraction of sp³-hybridized carbons (Fsp3) is 0.545. The molecule has 14 heteroatoms. The van der Waals surface area contributed by atoms with Crippen LogP contribution in [0.15, 0.2) is 16.4 Å². The molecule has 3 rings (SSSR count). The average Bonchev–Trinajstić information content (AvgIpc) is 2.96. The van der Waals surface area contributed by atoms with Crippen LogP contribution < -0.4 is 0 Å². The van der Waals surface area contributed by atoms with Crippen LogP contribution in [0.1, 0.15) is 6.42 Å². The van der Waals surface area contributed by atoms with Gasteiger partial charge < -0.3 is 5.11 Å². The summed E-state index contributed by atoms with van der Waals surface area (Å²) in [4.78, 5) is 24.5. The highest BCUT2D eigenvalue weighted by molar-refractivity contribution is 8.00. The van der Waals surface area contributed by atoms with E-state index in [1.807, 2.05) is 0 Å². The maximum Gasteiger partial charge on any atom is 0.352 e. The quantitative estimate of drug-likeness (QED) is 0.334. The summed E-state index contributed by atoms with van der Waals surface area (Å²) in [6.07, 6.45) is 0.343. The Morgan fingerprint density at radius 3 is 2.84 bits per heavy atom. The molecule has 1 amide bonds. The average molecular weight is 407 g/mol. The Balaban J connectivity index is 1.73. The van der Waals surface area contributed by atoms with Crippen molar-refractivity contribution in [3.63, 3.8) is 0 Å². The third-order valence-electron chi connectivity index (χ3n) is 3.57. The first-order valence-electron chi connectivity index (χ1n) is 6.99. The molecule has 1 unspecified atom stereocenters. The second kappa shape index (κ2) is 6.93. The van der Waals surface area contributed by atoms with Gasteiger partial charge >= 0.3 is 5.97 Å². The van der Waals surface area contributed by atoms with Crippen molar-refractivity contribution in [2.75, 3.05) is 17.3 Å². The van der Waals surface area contributed by atoms with Gasteiger partial charge in [-0.2, -0.15) is 8.42 Å². The number of fused-ring (bicyclic) bond motifs is 1. The van der Waals surface area contributed by atoms with Gasteiger partial charge in [0.1, 0.15) is 5.70 Å². The first kappa shape index (κ1) is 18.2. The Morgan fingerprint density at radius 2 is 2.20 bits per heavy atom. The SMILES string of the molecule is O=C(O)C1=C(CSc2nnnn2CCS(=O)(=O)O)CSC2CC(=O)N12. The van der Waals surface area contributed by atoms with Gasteiger partial charge in [0, 0.05) is 11.5 Å². The molecule has 0 spiro atoms. The smallest absolute Gasteiger partial charge is 0.352 e. The number of hydrogen-bond donors (Lipinski definition) is 2. The summed E-state index contributed by atoms with van der Waals surface area (Å²) in [6.45, 7) is -0.125. The van der Waals surface area contributed by atoms with Crippen LogP contribution in [0.25, 0.3) is 0 Å². The largest absolute Gasteiger partial charge is 0.477 e. The van der Waals surface area contributed by atoms with E-state index >= 15 is 0 Å². The highest BCUT2D eigenvalue weighted by atomic mass is 32.2. The minimum Gasteiger partial charge on any atom is -0.477 e. The van der Waals surface area contributed by atoms with Crippen LogP contribution in [-0.4, -0.2) is 77.7 Å². The highest BCUT2D eigenvalue weighted by Gasteiger charge is 2.45. The number of carbonyl (C=O) groups excluding carboxylic acids is 1. The molecule has 1 aromatic rings. The van der Waals surface area contributed by atoms with Gasteiger partial charge in [-0.25, -0.2) is 9.48 Å². The normalized spacial score (nSPS) is 20.4. The minimum absolute atomic E-state index is 0.00413. The molecule has 0 bridgehead atoms. The predicted octanol–water partition coefficient (Wildman–Crippen LogP) is -0.703. The van der Waals surface area contributed by atoms with Gasteiger partial charge in [-0.05, 0) is 16.0 Å². The van der Waals surface area contributed by atoms with Crippen LogP contribution in [0.5, 0.6) is 0 Å². The second-order valence-electron chi connectivity index (χ2n) is 5.25. The van der Waals surface area contributed by atoms with E-state index in [2.05, 4.69) is 15.5 Å². The van der Waals surface area contributed by atoms with E-state index in [9.17, 15) is 23.1 Å². The Hall–Kier alpha value is -1.64. The first-order chi connectivity index (χ1) is 11.8. The fourth-order valence-electron chi connectivity index (χ4n) is 2.38. The number of aliphatic carboxylic acids is 1. The Kier molecular flexibility index (Phi) is 5.04. The molecule has 0 saturated carbocycles. The molecule has 136 valence electrons. The van der Waals surface area contributed by atoms with Gasteiger partial charge in [-0.1, -0.05) is 11.8 Å². The summed E-state index contributed by atoms with van der Waals surface area (Å²) in [5, 5.41) is 20.5. The molecule has 2 N–H and O–H groups in total. The number of thioether (sulfide) groups is 2. The molecular weight excluding hydrogens is 394 g/mol. The van der Waals surface area contributed by atoms with Crippen LogP contribution in [0, 0.1) is 0 Å². The highest BCUT2D eigenvalue weighted by Crippen LogP contribution is 2.41. The lowest BCUT2D eigenvalue weighted by Gasteiger charge is -2.43. The number of aryl methyl sites for hydroxylation is 1. The Morgan fingerprint density at radius 1 is 1.44 bits per heavy atom. The number of nitrogens with zero attached hydrogens (tertiary/aromatic N) is 5. The van der Waals surface area contributed by atoms with E-state index in [-0.39, 0.29) is 29.3 Å². The third kappa shape index (κ3) is 3.96. The van der Waals surface area contributed by atoms with Crippen LogP contribution in [-0.2, 0) is 26.3 Å². The lowest BCUT2D eigenvalue weighted by Crippen LogP contribution is -2.54. The first-order valence-corrected chi connectivity index (χ1v) is 10.6. The number of carbonyl (C=O) groups is 2. The predicted molar refractivity (Wildman–Crippen MR) is 87.3 cm³/mol. The van der Waals surface area contributed by atoms with Gasteiger partial charge in [0.15, 0.2) is 0 Å². The minimum atomic E-state index is -4.14. The number of carboxylic acids is 1. The van der Waals surface area contributed by atoms with Crippen molar-refractivity contribution in [3.05, 3.63) is 11.3 Å². The molecule has 0 aromatic carbocycles. The van der Waals surface area contributed by atoms with Gasteiger partial charge in [0.25, 0.3) is 10.1 Å². The zero-order valence-electron chi connectivity index (χ0n) is 12.6. The molecule has 3 heterocycles. The topological polar surface area (TPSA) is 156 Å². The van der Waals surface area contributed by atoms with Crippen LogP contribution in [0.4, 0.5) is 0 Å². The molecule has 11 nitrogen and oxygen atoms in total. The number of rotatable bonds is 7. The number of tetrazole rings is 1. The summed E-state index contributed by atoms with van der Waals surface area (Å²) in [5.41, 5.74) is 0.584. The zero-order valence-corrected chi connectivity index (χ0v) is 15.1. The molecule has 1 atom stereocenters. The van der Waals surface area contributed by atoms with Crippen molar-refractivity contribution in [1.82, 2.24) is 25.1 Å². The van der Waals surface area contributed by atoms with E-state index in [1.165, 1.54) is 21.3 Å². The molecule has 0 radical (unpaired) electrons. The van der Waals surface area contributed by atoms with E-state index in [4.69, 9.17) is 4.55 Å². The summed E-state index contributed by atoms with van der Waals surface area (Å²) in [6, 6.07) is 0. The second-order valence-corrected chi connectivity index (χ2v) is 8.93. The summed E-state index contributed by atoms with van der Waals surface area (Å²) in [5.74, 6) is -1.17. The number of β-lactam (4-membered cyclic amide) rings is 1. The van der Waals surface area contributed by atoms with Crippen molar-refractivity contribution >= 4 is 45.5 Å². The maximum atomic E-state index is 11.7. The number of hydrogen-bond acceptors (Lipinski definition) is 9. The number of aromatic nitrogens is 4. The molecule has 0 aliphatic carbocycles. The molecule has 1 fully saturated rings. The zero-order chi connectivity index (χ0) is 18.2. The van der Waals surface area contributed by atoms with E-state index in [1.54, 1.807) is 0 Å². The van der Waals surface area contributed by atoms with Crippen molar-refractivity contribution < 1.29 is 27.7 Å².